The summed E-state index contributed by atoms with van der Waals surface area (Å²) in [6.45, 7) is 10.3. The third-order valence-corrected chi connectivity index (χ3v) is 3.34. The highest BCUT2D eigenvalue weighted by Crippen LogP contribution is 2.19. The van der Waals surface area contributed by atoms with E-state index in [1.165, 1.54) is 0 Å². The predicted molar refractivity (Wildman–Crippen MR) is 62.8 cm³/mol. The van der Waals surface area contributed by atoms with Crippen LogP contribution in [0, 0.1) is 0 Å². The van der Waals surface area contributed by atoms with E-state index in [1.54, 1.807) is 0 Å². The lowest BCUT2D eigenvalue weighted by Gasteiger charge is -2.47. The SMILES string of the molecule is CN1CCN(CC(C)(N)CO)CC1(C)C. The van der Waals surface area contributed by atoms with Crippen molar-refractivity contribution in [1.29, 1.82) is 0 Å². The van der Waals surface area contributed by atoms with E-state index in [2.05, 4.69) is 30.7 Å². The largest absolute Gasteiger partial charge is 0.394 e. The van der Waals surface area contributed by atoms with Crippen LogP contribution in [0.1, 0.15) is 20.8 Å². The van der Waals surface area contributed by atoms with E-state index in [0.29, 0.717) is 0 Å². The Kier molecular flexibility index (Phi) is 3.76. The number of piperazine rings is 1. The molecule has 15 heavy (non-hydrogen) atoms. The molecular weight excluding hydrogens is 190 g/mol. The van der Waals surface area contributed by atoms with Crippen molar-refractivity contribution in [3.63, 3.8) is 0 Å². The van der Waals surface area contributed by atoms with Gasteiger partial charge in [0.25, 0.3) is 0 Å². The number of nitrogens with two attached hydrogens (primary N) is 1. The maximum Gasteiger partial charge on any atom is 0.0621 e. The summed E-state index contributed by atoms with van der Waals surface area (Å²) in [5.74, 6) is 0. The van der Waals surface area contributed by atoms with Crippen molar-refractivity contribution in [3.8, 4) is 0 Å². The highest BCUT2D eigenvalue weighted by Gasteiger charge is 2.33. The highest BCUT2D eigenvalue weighted by molar-refractivity contribution is 4.91. The third-order valence-electron chi connectivity index (χ3n) is 3.34. The Morgan fingerprint density at radius 3 is 2.47 bits per heavy atom. The summed E-state index contributed by atoms with van der Waals surface area (Å²) in [4.78, 5) is 4.71. The molecule has 0 saturated carbocycles. The number of likely N-dealkylation sites (N-methyl/N-ethyl adjacent to an activating group) is 1. The number of rotatable bonds is 3. The Bertz CT molecular complexity index is 214. The quantitative estimate of drug-likeness (QED) is 0.680. The Morgan fingerprint density at radius 1 is 1.40 bits per heavy atom. The van der Waals surface area contributed by atoms with Crippen LogP contribution >= 0.6 is 0 Å². The van der Waals surface area contributed by atoms with Crippen molar-refractivity contribution in [1.82, 2.24) is 9.80 Å². The Morgan fingerprint density at radius 2 is 2.00 bits per heavy atom. The fourth-order valence-corrected chi connectivity index (χ4v) is 2.04. The first kappa shape index (κ1) is 12.9. The van der Waals surface area contributed by atoms with Crippen molar-refractivity contribution in [2.75, 3.05) is 39.8 Å². The molecule has 1 atom stereocenters. The fraction of sp³-hybridized carbons (Fsp3) is 1.00. The van der Waals surface area contributed by atoms with Crippen LogP contribution in [0.15, 0.2) is 0 Å². The van der Waals surface area contributed by atoms with Gasteiger partial charge in [0, 0.05) is 37.3 Å². The van der Waals surface area contributed by atoms with Crippen LogP contribution in [0.5, 0.6) is 0 Å². The van der Waals surface area contributed by atoms with Gasteiger partial charge in [0.2, 0.25) is 0 Å². The van der Waals surface area contributed by atoms with Crippen molar-refractivity contribution < 1.29 is 5.11 Å². The minimum atomic E-state index is -0.480. The van der Waals surface area contributed by atoms with Gasteiger partial charge in [0.15, 0.2) is 0 Å². The van der Waals surface area contributed by atoms with Gasteiger partial charge in [-0.05, 0) is 27.8 Å². The van der Waals surface area contributed by atoms with Crippen LogP contribution in [-0.2, 0) is 0 Å². The van der Waals surface area contributed by atoms with Crippen molar-refractivity contribution in [2.45, 2.75) is 31.8 Å². The molecule has 90 valence electrons. The molecule has 0 aromatic carbocycles. The average Bonchev–Trinajstić information content (AvgIpc) is 2.10. The molecule has 0 aromatic heterocycles. The van der Waals surface area contributed by atoms with Crippen LogP contribution in [0.4, 0.5) is 0 Å². The molecule has 0 spiro atoms. The van der Waals surface area contributed by atoms with Gasteiger partial charge >= 0.3 is 0 Å². The zero-order chi connectivity index (χ0) is 11.7. The van der Waals surface area contributed by atoms with E-state index in [-0.39, 0.29) is 12.1 Å². The first-order valence-electron chi connectivity index (χ1n) is 5.60. The number of aliphatic hydroxyl groups excluding tert-OH is 1. The number of hydrogen-bond acceptors (Lipinski definition) is 4. The van der Waals surface area contributed by atoms with Gasteiger partial charge < -0.3 is 10.8 Å². The molecule has 3 N–H and O–H groups in total. The molecule has 4 heteroatoms. The van der Waals surface area contributed by atoms with E-state index in [0.717, 1.165) is 26.2 Å². The van der Waals surface area contributed by atoms with Gasteiger partial charge in [0.05, 0.1) is 6.61 Å². The maximum atomic E-state index is 9.14. The van der Waals surface area contributed by atoms with Gasteiger partial charge in [-0.15, -0.1) is 0 Å². The van der Waals surface area contributed by atoms with Crippen LogP contribution in [0.3, 0.4) is 0 Å². The average molecular weight is 215 g/mol. The lowest BCUT2D eigenvalue weighted by atomic mass is 9.97. The molecule has 1 aliphatic heterocycles. The Balaban J connectivity index is 2.53. The first-order valence-corrected chi connectivity index (χ1v) is 5.60. The topological polar surface area (TPSA) is 52.7 Å². The molecule has 1 rings (SSSR count). The van der Waals surface area contributed by atoms with Gasteiger partial charge in [-0.25, -0.2) is 0 Å². The summed E-state index contributed by atoms with van der Waals surface area (Å²) in [5.41, 5.74) is 5.68. The molecule has 1 fully saturated rings. The van der Waals surface area contributed by atoms with Crippen molar-refractivity contribution in [3.05, 3.63) is 0 Å². The molecule has 0 radical (unpaired) electrons. The van der Waals surface area contributed by atoms with Crippen molar-refractivity contribution in [2.24, 2.45) is 5.73 Å². The molecule has 1 heterocycles. The van der Waals surface area contributed by atoms with Crippen LogP contribution < -0.4 is 5.73 Å². The van der Waals surface area contributed by atoms with E-state index < -0.39 is 5.54 Å². The molecule has 1 saturated heterocycles. The lowest BCUT2D eigenvalue weighted by molar-refractivity contribution is 0.0236. The zero-order valence-corrected chi connectivity index (χ0v) is 10.5. The first-order chi connectivity index (χ1) is 6.77. The second kappa shape index (κ2) is 4.37. The van der Waals surface area contributed by atoms with E-state index in [4.69, 9.17) is 10.8 Å². The molecule has 1 aliphatic rings. The molecular formula is C11H25N3O. The van der Waals surface area contributed by atoms with E-state index in [9.17, 15) is 0 Å². The van der Waals surface area contributed by atoms with E-state index in [1.807, 2.05) is 6.92 Å². The monoisotopic (exact) mass is 215 g/mol. The second-order valence-corrected chi connectivity index (χ2v) is 5.76. The summed E-state index contributed by atoms with van der Waals surface area (Å²) in [7, 11) is 2.16. The predicted octanol–water partition coefficient (Wildman–Crippen LogP) is -0.278. The summed E-state index contributed by atoms with van der Waals surface area (Å²) in [5, 5.41) is 9.14. The Labute approximate surface area is 93.0 Å². The maximum absolute atomic E-state index is 9.14. The van der Waals surface area contributed by atoms with E-state index >= 15 is 0 Å². The molecule has 0 aromatic rings. The summed E-state index contributed by atoms with van der Waals surface area (Å²) in [6.07, 6.45) is 0. The number of aliphatic hydroxyl groups is 1. The Hall–Kier alpha value is -0.160. The third kappa shape index (κ3) is 3.41. The van der Waals surface area contributed by atoms with Crippen molar-refractivity contribution >= 4 is 0 Å². The molecule has 0 amide bonds. The van der Waals surface area contributed by atoms with Gasteiger partial charge in [-0.3, -0.25) is 9.80 Å². The molecule has 4 nitrogen and oxygen atoms in total. The number of hydrogen-bond donors (Lipinski definition) is 2. The van der Waals surface area contributed by atoms with Crippen LogP contribution in [-0.4, -0.2) is 65.8 Å². The summed E-state index contributed by atoms with van der Waals surface area (Å²) >= 11 is 0. The van der Waals surface area contributed by atoms with Gasteiger partial charge in [-0.2, -0.15) is 0 Å². The smallest absolute Gasteiger partial charge is 0.0621 e. The second-order valence-electron chi connectivity index (χ2n) is 5.76. The minimum Gasteiger partial charge on any atom is -0.394 e. The highest BCUT2D eigenvalue weighted by atomic mass is 16.3. The lowest BCUT2D eigenvalue weighted by Crippen LogP contribution is -2.61. The minimum absolute atomic E-state index is 0.0414. The van der Waals surface area contributed by atoms with Gasteiger partial charge in [0.1, 0.15) is 0 Å². The standard InChI is InChI=1S/C11H25N3O/c1-10(2)7-14(6-5-13(10)4)8-11(3,12)9-15/h15H,5-9,12H2,1-4H3. The summed E-state index contributed by atoms with van der Waals surface area (Å²) < 4.78 is 0. The van der Waals surface area contributed by atoms with Crippen LogP contribution in [0.2, 0.25) is 0 Å². The number of nitrogens with zero attached hydrogens (tertiary/aromatic N) is 2. The van der Waals surface area contributed by atoms with Crippen LogP contribution in [0.25, 0.3) is 0 Å². The van der Waals surface area contributed by atoms with Gasteiger partial charge in [-0.1, -0.05) is 0 Å². The molecule has 0 aliphatic carbocycles. The normalized spacial score (nSPS) is 27.6. The molecule has 1 unspecified atom stereocenters. The fourth-order valence-electron chi connectivity index (χ4n) is 2.04. The summed E-state index contributed by atoms with van der Waals surface area (Å²) in [6, 6.07) is 0. The zero-order valence-electron chi connectivity index (χ0n) is 10.5. The molecule has 0 bridgehead atoms.